The number of rotatable bonds is 6. The van der Waals surface area contributed by atoms with Gasteiger partial charge in [-0.1, -0.05) is 33.1 Å². The minimum Gasteiger partial charge on any atom is -0.356 e. The Balaban J connectivity index is 1.97. The first-order valence-electron chi connectivity index (χ1n) is 8.99. The van der Waals surface area contributed by atoms with E-state index >= 15 is 0 Å². The Morgan fingerprint density at radius 3 is 2.83 bits per heavy atom. The number of unbranched alkanes of at least 4 members (excludes halogenated alkanes) is 1. The van der Waals surface area contributed by atoms with Crippen LogP contribution in [0.4, 0.5) is 0 Å². The second-order valence-corrected chi connectivity index (χ2v) is 6.78. The van der Waals surface area contributed by atoms with E-state index in [2.05, 4.69) is 34.7 Å². The summed E-state index contributed by atoms with van der Waals surface area (Å²) in [5.74, 6) is 3.54. The van der Waals surface area contributed by atoms with Gasteiger partial charge in [-0.25, -0.2) is 4.99 Å². The normalized spacial score (nSPS) is 22.2. The average molecular weight is 320 g/mol. The molecule has 6 nitrogen and oxygen atoms in total. The van der Waals surface area contributed by atoms with Crippen LogP contribution in [0.25, 0.3) is 0 Å². The van der Waals surface area contributed by atoms with Crippen LogP contribution in [-0.2, 0) is 13.6 Å². The molecule has 0 saturated heterocycles. The van der Waals surface area contributed by atoms with Crippen molar-refractivity contribution in [1.29, 1.82) is 0 Å². The maximum atomic E-state index is 4.73. The van der Waals surface area contributed by atoms with Gasteiger partial charge in [0.05, 0.1) is 0 Å². The van der Waals surface area contributed by atoms with Gasteiger partial charge in [-0.3, -0.25) is 0 Å². The highest BCUT2D eigenvalue weighted by molar-refractivity contribution is 5.80. The van der Waals surface area contributed by atoms with Gasteiger partial charge >= 0.3 is 0 Å². The summed E-state index contributed by atoms with van der Waals surface area (Å²) in [7, 11) is 1.99. The molecule has 0 amide bonds. The van der Waals surface area contributed by atoms with Crippen molar-refractivity contribution in [2.75, 3.05) is 6.54 Å². The number of hydrogen-bond donors (Lipinski definition) is 2. The van der Waals surface area contributed by atoms with E-state index in [0.29, 0.717) is 12.6 Å². The first-order valence-corrected chi connectivity index (χ1v) is 8.99. The summed E-state index contributed by atoms with van der Waals surface area (Å²) in [5, 5.41) is 15.4. The van der Waals surface area contributed by atoms with E-state index in [-0.39, 0.29) is 0 Å². The number of aliphatic imine (C=N–C) groups is 1. The van der Waals surface area contributed by atoms with Crippen molar-refractivity contribution in [2.45, 2.75) is 71.9 Å². The molecule has 2 N–H and O–H groups in total. The molecule has 6 heteroatoms. The fourth-order valence-electron chi connectivity index (χ4n) is 3.03. The van der Waals surface area contributed by atoms with Gasteiger partial charge in [0.1, 0.15) is 12.4 Å². The molecule has 1 heterocycles. The molecule has 1 fully saturated rings. The molecule has 0 aromatic carbocycles. The van der Waals surface area contributed by atoms with E-state index in [1.54, 1.807) is 0 Å². The molecule has 2 atom stereocenters. The van der Waals surface area contributed by atoms with Crippen LogP contribution in [0, 0.1) is 12.8 Å². The van der Waals surface area contributed by atoms with Gasteiger partial charge in [0.25, 0.3) is 0 Å². The Bertz CT molecular complexity index is 507. The van der Waals surface area contributed by atoms with Crippen molar-refractivity contribution < 1.29 is 0 Å². The summed E-state index contributed by atoms with van der Waals surface area (Å²) in [6, 6.07) is 0.535. The van der Waals surface area contributed by atoms with Gasteiger partial charge < -0.3 is 15.2 Å². The zero-order valence-electron chi connectivity index (χ0n) is 15.1. The maximum absolute atomic E-state index is 4.73. The van der Waals surface area contributed by atoms with Crippen LogP contribution in [0.2, 0.25) is 0 Å². The van der Waals surface area contributed by atoms with E-state index < -0.39 is 0 Å². The summed E-state index contributed by atoms with van der Waals surface area (Å²) < 4.78 is 2.00. The fourth-order valence-corrected chi connectivity index (χ4v) is 3.03. The highest BCUT2D eigenvalue weighted by Crippen LogP contribution is 2.23. The lowest BCUT2D eigenvalue weighted by molar-refractivity contribution is 0.324. The molecule has 2 rings (SSSR count). The van der Waals surface area contributed by atoms with Crippen molar-refractivity contribution in [3.63, 3.8) is 0 Å². The van der Waals surface area contributed by atoms with Crippen LogP contribution in [0.3, 0.4) is 0 Å². The number of aryl methyl sites for hydroxylation is 1. The lowest BCUT2D eigenvalue weighted by Gasteiger charge is -2.29. The molecule has 23 heavy (non-hydrogen) atoms. The van der Waals surface area contributed by atoms with Crippen LogP contribution >= 0.6 is 0 Å². The minimum atomic E-state index is 0.535. The first-order chi connectivity index (χ1) is 11.1. The Kier molecular flexibility index (Phi) is 6.86. The first kappa shape index (κ1) is 17.8. The maximum Gasteiger partial charge on any atom is 0.191 e. The smallest absolute Gasteiger partial charge is 0.191 e. The molecular weight excluding hydrogens is 288 g/mol. The van der Waals surface area contributed by atoms with Crippen molar-refractivity contribution in [3.05, 3.63) is 11.6 Å². The second-order valence-electron chi connectivity index (χ2n) is 6.78. The quantitative estimate of drug-likeness (QED) is 0.480. The lowest BCUT2D eigenvalue weighted by Crippen LogP contribution is -2.45. The van der Waals surface area contributed by atoms with Crippen LogP contribution in [-0.4, -0.2) is 33.3 Å². The van der Waals surface area contributed by atoms with Crippen LogP contribution in [0.5, 0.6) is 0 Å². The summed E-state index contributed by atoms with van der Waals surface area (Å²) >= 11 is 0. The summed E-state index contributed by atoms with van der Waals surface area (Å²) in [4.78, 5) is 4.73. The van der Waals surface area contributed by atoms with Crippen LogP contribution in [0.15, 0.2) is 4.99 Å². The third-order valence-corrected chi connectivity index (χ3v) is 4.66. The molecule has 1 aliphatic carbocycles. The van der Waals surface area contributed by atoms with E-state index in [4.69, 9.17) is 4.99 Å². The summed E-state index contributed by atoms with van der Waals surface area (Å²) in [6.07, 6.45) is 7.48. The van der Waals surface area contributed by atoms with Gasteiger partial charge in [-0.2, -0.15) is 0 Å². The number of aromatic nitrogens is 3. The van der Waals surface area contributed by atoms with Crippen LogP contribution < -0.4 is 10.6 Å². The third kappa shape index (κ3) is 5.52. The van der Waals surface area contributed by atoms with Gasteiger partial charge in [-0.15, -0.1) is 10.2 Å². The van der Waals surface area contributed by atoms with Gasteiger partial charge in [-0.05, 0) is 32.1 Å². The molecule has 1 aromatic heterocycles. The van der Waals surface area contributed by atoms with E-state index in [0.717, 1.165) is 36.5 Å². The van der Waals surface area contributed by atoms with E-state index in [1.165, 1.54) is 32.1 Å². The van der Waals surface area contributed by atoms with Crippen molar-refractivity contribution in [3.8, 4) is 0 Å². The number of nitrogens with one attached hydrogen (secondary N) is 2. The molecule has 0 spiro atoms. The molecule has 0 bridgehead atoms. The summed E-state index contributed by atoms with van der Waals surface area (Å²) in [5.41, 5.74) is 0. The summed E-state index contributed by atoms with van der Waals surface area (Å²) in [6.45, 7) is 8.03. The molecule has 1 aliphatic rings. The second kappa shape index (κ2) is 8.89. The lowest BCUT2D eigenvalue weighted by atomic mass is 9.87. The standard InChI is InChI=1S/C17H32N6/c1-5-6-10-18-17(20-15-9-7-8-13(2)11-15)19-12-16-22-21-14(3)23(16)4/h13,15H,5-12H2,1-4H3,(H2,18,19,20). The van der Waals surface area contributed by atoms with Gasteiger partial charge in [0.2, 0.25) is 0 Å². The fraction of sp³-hybridized carbons (Fsp3) is 0.824. The van der Waals surface area contributed by atoms with Gasteiger partial charge in [0.15, 0.2) is 11.8 Å². The molecule has 1 aromatic rings. The monoisotopic (exact) mass is 320 g/mol. The number of hydrogen-bond acceptors (Lipinski definition) is 3. The Morgan fingerprint density at radius 2 is 2.17 bits per heavy atom. The largest absolute Gasteiger partial charge is 0.356 e. The average Bonchev–Trinajstić information content (AvgIpc) is 2.84. The molecule has 1 saturated carbocycles. The van der Waals surface area contributed by atoms with E-state index in [1.807, 2.05) is 18.5 Å². The van der Waals surface area contributed by atoms with Gasteiger partial charge in [0, 0.05) is 19.6 Å². The zero-order valence-corrected chi connectivity index (χ0v) is 15.1. The molecular formula is C17H32N6. The minimum absolute atomic E-state index is 0.535. The highest BCUT2D eigenvalue weighted by Gasteiger charge is 2.19. The third-order valence-electron chi connectivity index (χ3n) is 4.66. The topological polar surface area (TPSA) is 67.1 Å². The van der Waals surface area contributed by atoms with Crippen molar-refractivity contribution >= 4 is 5.96 Å². The zero-order chi connectivity index (χ0) is 16.7. The number of nitrogens with zero attached hydrogens (tertiary/aromatic N) is 4. The molecule has 0 radical (unpaired) electrons. The number of guanidine groups is 1. The van der Waals surface area contributed by atoms with Crippen LogP contribution in [0.1, 0.15) is 64.0 Å². The van der Waals surface area contributed by atoms with E-state index in [9.17, 15) is 0 Å². The van der Waals surface area contributed by atoms with Crippen molar-refractivity contribution in [2.24, 2.45) is 18.0 Å². The predicted molar refractivity (Wildman–Crippen MR) is 94.3 cm³/mol. The highest BCUT2D eigenvalue weighted by atomic mass is 15.3. The molecule has 0 aliphatic heterocycles. The van der Waals surface area contributed by atoms with Crippen molar-refractivity contribution in [1.82, 2.24) is 25.4 Å². The Morgan fingerprint density at radius 1 is 1.35 bits per heavy atom. The Hall–Kier alpha value is -1.59. The SMILES string of the molecule is CCCCNC(=NCc1nnc(C)n1C)NC1CCCC(C)C1. The molecule has 2 unspecified atom stereocenters. The predicted octanol–water partition coefficient (Wildman–Crippen LogP) is 2.54. The Labute approximate surface area is 140 Å². The molecule has 130 valence electrons.